The molecule has 2 N–H and O–H groups in total. The van der Waals surface area contributed by atoms with Crippen molar-refractivity contribution in [3.63, 3.8) is 0 Å². The minimum atomic E-state index is -0.266. The molecule has 3 amide bonds. The molecular weight excluding hydrogens is 236 g/mol. The van der Waals surface area contributed by atoms with Crippen LogP contribution in [0.1, 0.15) is 26.7 Å². The minimum Gasteiger partial charge on any atom is -0.322 e. The Labute approximate surface area is 106 Å². The van der Waals surface area contributed by atoms with Crippen LogP contribution in [0.3, 0.4) is 0 Å². The summed E-state index contributed by atoms with van der Waals surface area (Å²) in [7, 11) is 0. The van der Waals surface area contributed by atoms with E-state index in [9.17, 15) is 14.4 Å². The van der Waals surface area contributed by atoms with Gasteiger partial charge in [-0.3, -0.25) is 14.4 Å². The van der Waals surface area contributed by atoms with Crippen LogP contribution >= 0.6 is 0 Å². The van der Waals surface area contributed by atoms with Gasteiger partial charge in [-0.2, -0.15) is 0 Å². The van der Waals surface area contributed by atoms with Gasteiger partial charge in [-0.05, 0) is 0 Å². The lowest BCUT2D eigenvalue weighted by Gasteiger charge is -2.42. The summed E-state index contributed by atoms with van der Waals surface area (Å²) in [6, 6.07) is 0. The van der Waals surface area contributed by atoms with Crippen molar-refractivity contribution in [2.24, 2.45) is 5.73 Å². The van der Waals surface area contributed by atoms with Crippen LogP contribution in [0.4, 0.5) is 0 Å². The Balaban J connectivity index is 2.81. The number of amides is 3. The van der Waals surface area contributed by atoms with E-state index in [1.54, 1.807) is 13.8 Å². The van der Waals surface area contributed by atoms with E-state index in [-0.39, 0.29) is 44.3 Å². The van der Waals surface area contributed by atoms with Crippen LogP contribution < -0.4 is 5.73 Å². The van der Waals surface area contributed by atoms with Gasteiger partial charge in [0.15, 0.2) is 0 Å². The number of nitrogens with zero attached hydrogens (tertiary/aromatic N) is 3. The molecule has 1 rings (SSSR count). The zero-order chi connectivity index (χ0) is 13.7. The first-order chi connectivity index (χ1) is 8.53. The highest BCUT2D eigenvalue weighted by Gasteiger charge is 2.29. The van der Waals surface area contributed by atoms with Crippen molar-refractivity contribution < 1.29 is 14.4 Å². The van der Waals surface area contributed by atoms with Crippen LogP contribution in [0, 0.1) is 0 Å². The molecule has 1 aliphatic heterocycles. The van der Waals surface area contributed by atoms with E-state index in [0.29, 0.717) is 12.8 Å². The summed E-state index contributed by atoms with van der Waals surface area (Å²) in [6.07, 6.45) is 0.692. The van der Waals surface area contributed by atoms with E-state index in [0.717, 1.165) is 0 Å². The minimum absolute atomic E-state index is 0.0848. The molecule has 1 fully saturated rings. The van der Waals surface area contributed by atoms with Crippen LogP contribution in [0.2, 0.25) is 0 Å². The summed E-state index contributed by atoms with van der Waals surface area (Å²) in [4.78, 5) is 39.4. The Hall–Kier alpha value is -1.63. The SMILES string of the molecule is CCC(=O)N1CN(C(=O)CC)CN(C(=O)CN)C1. The van der Waals surface area contributed by atoms with Crippen LogP contribution in [0.25, 0.3) is 0 Å². The van der Waals surface area contributed by atoms with Crippen molar-refractivity contribution in [3.05, 3.63) is 0 Å². The molecule has 0 aromatic carbocycles. The van der Waals surface area contributed by atoms with E-state index in [2.05, 4.69) is 0 Å². The molecule has 1 heterocycles. The maximum absolute atomic E-state index is 11.7. The third-order valence-electron chi connectivity index (χ3n) is 2.86. The fourth-order valence-corrected chi connectivity index (χ4v) is 1.80. The fourth-order valence-electron chi connectivity index (χ4n) is 1.80. The lowest BCUT2D eigenvalue weighted by Crippen LogP contribution is -2.60. The van der Waals surface area contributed by atoms with Gasteiger partial charge in [0, 0.05) is 12.8 Å². The highest BCUT2D eigenvalue weighted by molar-refractivity contribution is 5.82. The summed E-state index contributed by atoms with van der Waals surface area (Å²) in [6.45, 7) is 4.03. The molecule has 0 saturated carbocycles. The average Bonchev–Trinajstić information content (AvgIpc) is 2.43. The Morgan fingerprint density at radius 2 is 1.17 bits per heavy atom. The first-order valence-corrected chi connectivity index (χ1v) is 6.06. The molecular formula is C11H20N4O3. The second-order valence-corrected chi connectivity index (χ2v) is 4.14. The molecule has 1 aliphatic rings. The number of carbonyl (C=O) groups excluding carboxylic acids is 3. The number of nitrogens with two attached hydrogens (primary N) is 1. The molecule has 0 bridgehead atoms. The zero-order valence-electron chi connectivity index (χ0n) is 10.9. The van der Waals surface area contributed by atoms with Gasteiger partial charge in [-0.25, -0.2) is 0 Å². The quantitative estimate of drug-likeness (QED) is 0.711. The third kappa shape index (κ3) is 3.19. The summed E-state index contributed by atoms with van der Waals surface area (Å²) >= 11 is 0. The number of rotatable bonds is 3. The predicted molar refractivity (Wildman–Crippen MR) is 64.8 cm³/mol. The van der Waals surface area contributed by atoms with Gasteiger partial charge >= 0.3 is 0 Å². The Morgan fingerprint density at radius 1 is 0.833 bits per heavy atom. The average molecular weight is 256 g/mol. The van der Waals surface area contributed by atoms with Gasteiger partial charge in [0.2, 0.25) is 17.7 Å². The summed E-state index contributed by atoms with van der Waals surface area (Å²) in [5.74, 6) is -0.436. The van der Waals surface area contributed by atoms with E-state index in [1.165, 1.54) is 14.7 Å². The van der Waals surface area contributed by atoms with Crippen molar-refractivity contribution in [1.82, 2.24) is 14.7 Å². The number of hydrogen-bond donors (Lipinski definition) is 1. The Kier molecular flexibility index (Phi) is 5.08. The number of carbonyl (C=O) groups is 3. The van der Waals surface area contributed by atoms with Crippen molar-refractivity contribution in [3.8, 4) is 0 Å². The second kappa shape index (κ2) is 6.34. The molecule has 0 spiro atoms. The Bertz CT molecular complexity index is 287. The summed E-state index contributed by atoms with van der Waals surface area (Å²) < 4.78 is 0. The zero-order valence-corrected chi connectivity index (χ0v) is 10.9. The maximum atomic E-state index is 11.7. The van der Waals surface area contributed by atoms with Crippen LogP contribution in [-0.4, -0.2) is 59.0 Å². The molecule has 0 aliphatic carbocycles. The highest BCUT2D eigenvalue weighted by atomic mass is 16.2. The van der Waals surface area contributed by atoms with Crippen LogP contribution in [-0.2, 0) is 14.4 Å². The largest absolute Gasteiger partial charge is 0.322 e. The lowest BCUT2D eigenvalue weighted by molar-refractivity contribution is -0.157. The molecule has 0 radical (unpaired) electrons. The number of hydrogen-bond acceptors (Lipinski definition) is 4. The molecule has 7 heteroatoms. The van der Waals surface area contributed by atoms with Gasteiger partial charge in [-0.1, -0.05) is 13.8 Å². The fraction of sp³-hybridized carbons (Fsp3) is 0.727. The van der Waals surface area contributed by atoms with Crippen molar-refractivity contribution >= 4 is 17.7 Å². The van der Waals surface area contributed by atoms with Gasteiger partial charge in [-0.15, -0.1) is 0 Å². The summed E-state index contributed by atoms with van der Waals surface area (Å²) in [5, 5.41) is 0. The summed E-state index contributed by atoms with van der Waals surface area (Å²) in [5.41, 5.74) is 5.31. The van der Waals surface area contributed by atoms with Gasteiger partial charge in [0.05, 0.1) is 26.6 Å². The van der Waals surface area contributed by atoms with Crippen molar-refractivity contribution in [1.29, 1.82) is 0 Å². The van der Waals surface area contributed by atoms with E-state index < -0.39 is 0 Å². The maximum Gasteiger partial charge on any atom is 0.239 e. The first kappa shape index (κ1) is 14.4. The van der Waals surface area contributed by atoms with Crippen LogP contribution in [0.5, 0.6) is 0 Å². The topological polar surface area (TPSA) is 87.0 Å². The van der Waals surface area contributed by atoms with E-state index in [4.69, 9.17) is 5.73 Å². The smallest absolute Gasteiger partial charge is 0.239 e. The monoisotopic (exact) mass is 256 g/mol. The second-order valence-electron chi connectivity index (χ2n) is 4.14. The highest BCUT2D eigenvalue weighted by Crippen LogP contribution is 2.10. The van der Waals surface area contributed by atoms with Crippen molar-refractivity contribution in [2.45, 2.75) is 26.7 Å². The predicted octanol–water partition coefficient (Wildman–Crippen LogP) is -0.863. The van der Waals surface area contributed by atoms with E-state index >= 15 is 0 Å². The van der Waals surface area contributed by atoms with Crippen LogP contribution in [0.15, 0.2) is 0 Å². The first-order valence-electron chi connectivity index (χ1n) is 6.06. The van der Waals surface area contributed by atoms with Gasteiger partial charge < -0.3 is 20.4 Å². The van der Waals surface area contributed by atoms with Gasteiger partial charge in [0.25, 0.3) is 0 Å². The molecule has 0 unspecified atom stereocenters. The van der Waals surface area contributed by atoms with E-state index in [1.807, 2.05) is 0 Å². The third-order valence-corrected chi connectivity index (χ3v) is 2.86. The standard InChI is InChI=1S/C11H20N4O3/c1-3-9(16)13-6-14(10(17)4-2)8-15(7-13)11(18)5-12/h3-8,12H2,1-2H3. The molecule has 102 valence electrons. The molecule has 1 saturated heterocycles. The molecule has 18 heavy (non-hydrogen) atoms. The Morgan fingerprint density at radius 3 is 1.44 bits per heavy atom. The normalized spacial score (nSPS) is 15.8. The van der Waals surface area contributed by atoms with Crippen molar-refractivity contribution in [2.75, 3.05) is 26.6 Å². The molecule has 0 aromatic heterocycles. The van der Waals surface area contributed by atoms with Gasteiger partial charge in [0.1, 0.15) is 0 Å². The molecule has 7 nitrogen and oxygen atoms in total. The lowest BCUT2D eigenvalue weighted by atomic mass is 10.3. The molecule has 0 atom stereocenters. The molecule has 0 aromatic rings.